The Morgan fingerprint density at radius 2 is 2.12 bits per heavy atom. The maximum atomic E-state index is 12.8. The largest absolute Gasteiger partial charge is 0.416 e. The minimum absolute atomic E-state index is 0.0285. The van der Waals surface area contributed by atoms with Crippen LogP contribution in [0.15, 0.2) is 28.8 Å². The number of amides is 1. The number of nitrogens with zero attached hydrogens (tertiary/aromatic N) is 3. The molecule has 3 N–H and O–H groups in total. The Kier molecular flexibility index (Phi) is 6.10. The second-order valence-electron chi connectivity index (χ2n) is 5.32. The standard InChI is InChI=1S/C15H18F3N5O2/c1-20-13(24)9-23(8-12-21-14(6-19)25-22-12)7-10-3-2-4-11(5-10)15(16,17)18/h2-5H,6-9,19H2,1H3,(H,20,24). The van der Waals surface area contributed by atoms with Crippen molar-refractivity contribution in [1.82, 2.24) is 20.4 Å². The summed E-state index contributed by atoms with van der Waals surface area (Å²) in [5, 5.41) is 6.21. The van der Waals surface area contributed by atoms with Gasteiger partial charge in [-0.3, -0.25) is 9.69 Å². The molecule has 1 aromatic carbocycles. The van der Waals surface area contributed by atoms with E-state index in [1.165, 1.54) is 13.1 Å². The van der Waals surface area contributed by atoms with E-state index < -0.39 is 11.7 Å². The van der Waals surface area contributed by atoms with Crippen molar-refractivity contribution in [1.29, 1.82) is 0 Å². The van der Waals surface area contributed by atoms with E-state index in [-0.39, 0.29) is 38.0 Å². The number of rotatable bonds is 7. The molecular formula is C15H18F3N5O2. The molecule has 10 heteroatoms. The van der Waals surface area contributed by atoms with E-state index in [4.69, 9.17) is 10.3 Å². The van der Waals surface area contributed by atoms with Crippen LogP contribution in [0.25, 0.3) is 0 Å². The first-order valence-corrected chi connectivity index (χ1v) is 7.42. The van der Waals surface area contributed by atoms with Crippen LogP contribution in [0.3, 0.4) is 0 Å². The summed E-state index contributed by atoms with van der Waals surface area (Å²) in [6.45, 7) is 0.298. The van der Waals surface area contributed by atoms with Crippen molar-refractivity contribution in [2.75, 3.05) is 13.6 Å². The summed E-state index contributed by atoms with van der Waals surface area (Å²) in [7, 11) is 1.48. The Hall–Kier alpha value is -2.46. The molecule has 0 aliphatic carbocycles. The van der Waals surface area contributed by atoms with Gasteiger partial charge in [-0.2, -0.15) is 18.2 Å². The highest BCUT2D eigenvalue weighted by molar-refractivity contribution is 5.77. The zero-order chi connectivity index (χ0) is 18.4. The van der Waals surface area contributed by atoms with Crippen LogP contribution < -0.4 is 11.1 Å². The van der Waals surface area contributed by atoms with Gasteiger partial charge in [0.25, 0.3) is 0 Å². The summed E-state index contributed by atoms with van der Waals surface area (Å²) < 4.78 is 43.4. The van der Waals surface area contributed by atoms with Gasteiger partial charge in [-0.05, 0) is 11.6 Å². The number of carbonyl (C=O) groups is 1. The fourth-order valence-corrected chi connectivity index (χ4v) is 2.19. The van der Waals surface area contributed by atoms with Crippen molar-refractivity contribution < 1.29 is 22.5 Å². The van der Waals surface area contributed by atoms with E-state index in [1.807, 2.05) is 0 Å². The lowest BCUT2D eigenvalue weighted by molar-refractivity contribution is -0.137. The Morgan fingerprint density at radius 3 is 2.72 bits per heavy atom. The van der Waals surface area contributed by atoms with Gasteiger partial charge in [0.15, 0.2) is 5.82 Å². The lowest BCUT2D eigenvalue weighted by Crippen LogP contribution is -2.35. The molecule has 0 unspecified atom stereocenters. The van der Waals surface area contributed by atoms with Crippen LogP contribution in [0.1, 0.15) is 22.8 Å². The van der Waals surface area contributed by atoms with E-state index >= 15 is 0 Å². The third kappa shape index (κ3) is 5.54. The first-order valence-electron chi connectivity index (χ1n) is 7.42. The number of alkyl halides is 3. The van der Waals surface area contributed by atoms with Crippen LogP contribution in [0, 0.1) is 0 Å². The van der Waals surface area contributed by atoms with Crippen molar-refractivity contribution in [2.24, 2.45) is 5.73 Å². The van der Waals surface area contributed by atoms with Crippen molar-refractivity contribution in [2.45, 2.75) is 25.8 Å². The highest BCUT2D eigenvalue weighted by Crippen LogP contribution is 2.29. The van der Waals surface area contributed by atoms with Gasteiger partial charge in [-0.15, -0.1) is 0 Å². The summed E-state index contributed by atoms with van der Waals surface area (Å²) in [6.07, 6.45) is -4.43. The molecule has 0 aliphatic rings. The summed E-state index contributed by atoms with van der Waals surface area (Å²) in [4.78, 5) is 17.3. The van der Waals surface area contributed by atoms with Gasteiger partial charge in [0.1, 0.15) is 0 Å². The summed E-state index contributed by atoms with van der Waals surface area (Å²) >= 11 is 0. The normalized spacial score (nSPS) is 11.8. The molecule has 0 spiro atoms. The molecule has 1 heterocycles. The van der Waals surface area contributed by atoms with Crippen LogP contribution >= 0.6 is 0 Å². The number of hydrogen-bond acceptors (Lipinski definition) is 6. The number of halogens is 3. The third-order valence-corrected chi connectivity index (χ3v) is 3.36. The zero-order valence-corrected chi connectivity index (χ0v) is 13.5. The second kappa shape index (κ2) is 8.08. The fraction of sp³-hybridized carbons (Fsp3) is 0.400. The van der Waals surface area contributed by atoms with Gasteiger partial charge in [-0.1, -0.05) is 23.4 Å². The van der Waals surface area contributed by atoms with Crippen LogP contribution in [0.4, 0.5) is 13.2 Å². The van der Waals surface area contributed by atoms with Crippen LogP contribution in [0.5, 0.6) is 0 Å². The van der Waals surface area contributed by atoms with Crippen LogP contribution in [-0.2, 0) is 30.6 Å². The number of benzene rings is 1. The second-order valence-corrected chi connectivity index (χ2v) is 5.32. The molecule has 1 amide bonds. The van der Waals surface area contributed by atoms with Crippen molar-refractivity contribution in [3.63, 3.8) is 0 Å². The molecule has 0 saturated heterocycles. The number of likely N-dealkylation sites (N-methyl/N-ethyl adjacent to an activating group) is 1. The number of nitrogens with two attached hydrogens (primary N) is 1. The molecule has 0 atom stereocenters. The molecule has 0 fully saturated rings. The van der Waals surface area contributed by atoms with Gasteiger partial charge in [-0.25, -0.2) is 0 Å². The molecule has 2 aromatic rings. The average Bonchev–Trinajstić information content (AvgIpc) is 3.01. The number of aromatic nitrogens is 2. The van der Waals surface area contributed by atoms with Crippen molar-refractivity contribution in [3.05, 3.63) is 47.1 Å². The Morgan fingerprint density at radius 1 is 1.36 bits per heavy atom. The maximum Gasteiger partial charge on any atom is 0.416 e. The molecule has 1 aromatic heterocycles. The zero-order valence-electron chi connectivity index (χ0n) is 13.5. The molecular weight excluding hydrogens is 339 g/mol. The molecule has 25 heavy (non-hydrogen) atoms. The first kappa shape index (κ1) is 18.9. The maximum absolute atomic E-state index is 12.8. The summed E-state index contributed by atoms with van der Waals surface area (Å²) in [5.41, 5.74) is 5.07. The molecule has 7 nitrogen and oxygen atoms in total. The minimum atomic E-state index is -4.43. The van der Waals surface area contributed by atoms with Gasteiger partial charge in [0.05, 0.1) is 25.2 Å². The van der Waals surface area contributed by atoms with Crippen molar-refractivity contribution in [3.8, 4) is 0 Å². The molecule has 136 valence electrons. The lowest BCUT2D eigenvalue weighted by Gasteiger charge is -2.20. The van der Waals surface area contributed by atoms with Gasteiger partial charge < -0.3 is 15.6 Å². The van der Waals surface area contributed by atoms with E-state index in [0.29, 0.717) is 11.4 Å². The average molecular weight is 357 g/mol. The topological polar surface area (TPSA) is 97.3 Å². The van der Waals surface area contributed by atoms with Gasteiger partial charge in [0, 0.05) is 13.6 Å². The Labute approximate surface area is 142 Å². The smallest absolute Gasteiger partial charge is 0.358 e. The molecule has 0 aliphatic heterocycles. The summed E-state index contributed by atoms with van der Waals surface area (Å²) in [5.74, 6) is 0.264. The van der Waals surface area contributed by atoms with Crippen LogP contribution in [-0.4, -0.2) is 34.5 Å². The molecule has 0 radical (unpaired) electrons. The van der Waals surface area contributed by atoms with Gasteiger partial charge >= 0.3 is 6.18 Å². The number of nitrogens with one attached hydrogen (secondary N) is 1. The lowest BCUT2D eigenvalue weighted by atomic mass is 10.1. The number of hydrogen-bond donors (Lipinski definition) is 2. The van der Waals surface area contributed by atoms with E-state index in [2.05, 4.69) is 15.5 Å². The predicted molar refractivity (Wildman–Crippen MR) is 81.8 cm³/mol. The molecule has 2 rings (SSSR count). The monoisotopic (exact) mass is 357 g/mol. The number of carbonyl (C=O) groups excluding carboxylic acids is 1. The highest BCUT2D eigenvalue weighted by Gasteiger charge is 2.30. The van der Waals surface area contributed by atoms with Crippen molar-refractivity contribution >= 4 is 5.91 Å². The Bertz CT molecular complexity index is 717. The fourth-order valence-electron chi connectivity index (χ4n) is 2.19. The van der Waals surface area contributed by atoms with Gasteiger partial charge in [0.2, 0.25) is 11.8 Å². The minimum Gasteiger partial charge on any atom is -0.358 e. The Balaban J connectivity index is 2.16. The van der Waals surface area contributed by atoms with E-state index in [0.717, 1.165) is 12.1 Å². The van der Waals surface area contributed by atoms with E-state index in [9.17, 15) is 18.0 Å². The molecule has 0 saturated carbocycles. The predicted octanol–water partition coefficient (Wildman–Crippen LogP) is 1.30. The molecule has 0 bridgehead atoms. The first-order chi connectivity index (χ1) is 11.8. The highest BCUT2D eigenvalue weighted by atomic mass is 19.4. The summed E-state index contributed by atoms with van der Waals surface area (Å²) in [6, 6.07) is 4.95. The SMILES string of the molecule is CNC(=O)CN(Cc1cccc(C(F)(F)F)c1)Cc1noc(CN)n1. The van der Waals surface area contributed by atoms with Crippen LogP contribution in [0.2, 0.25) is 0 Å². The quantitative estimate of drug-likeness (QED) is 0.775. The third-order valence-electron chi connectivity index (χ3n) is 3.36. The van der Waals surface area contributed by atoms with E-state index in [1.54, 1.807) is 11.0 Å².